The Bertz CT molecular complexity index is 745. The van der Waals surface area contributed by atoms with Crippen molar-refractivity contribution < 1.29 is 9.53 Å². The third kappa shape index (κ3) is 3.94. The molecule has 3 rings (SSSR count). The van der Waals surface area contributed by atoms with Gasteiger partial charge >= 0.3 is 0 Å². The van der Waals surface area contributed by atoms with Crippen LogP contribution in [0, 0.1) is 0 Å². The van der Waals surface area contributed by atoms with Crippen molar-refractivity contribution in [3.8, 4) is 5.75 Å². The number of fused-ring (bicyclic) bond motifs is 1. The lowest BCUT2D eigenvalue weighted by Crippen LogP contribution is -2.41. The summed E-state index contributed by atoms with van der Waals surface area (Å²) in [4.78, 5) is 12.5. The minimum absolute atomic E-state index is 0. The van der Waals surface area contributed by atoms with Crippen molar-refractivity contribution in [3.63, 3.8) is 0 Å². The van der Waals surface area contributed by atoms with Gasteiger partial charge in [-0.1, -0.05) is 11.6 Å². The first-order valence-electron chi connectivity index (χ1n) is 7.49. The number of carbonyl (C=O) groups is 1. The second kappa shape index (κ2) is 6.91. The molecule has 3 N–H and O–H groups in total. The van der Waals surface area contributed by atoms with E-state index in [2.05, 4.69) is 5.32 Å². The second-order valence-corrected chi connectivity index (χ2v) is 6.83. The van der Waals surface area contributed by atoms with E-state index in [9.17, 15) is 4.79 Å². The van der Waals surface area contributed by atoms with Gasteiger partial charge in [0.2, 0.25) is 0 Å². The monoisotopic (exact) mass is 366 g/mol. The summed E-state index contributed by atoms with van der Waals surface area (Å²) in [5.41, 5.74) is 7.66. The highest BCUT2D eigenvalue weighted by Gasteiger charge is 2.34. The Morgan fingerprint density at radius 2 is 1.92 bits per heavy atom. The van der Waals surface area contributed by atoms with Gasteiger partial charge in [-0.15, -0.1) is 12.4 Å². The normalized spacial score (nSPS) is 17.9. The summed E-state index contributed by atoms with van der Waals surface area (Å²) in [6, 6.07) is 12.2. The van der Waals surface area contributed by atoms with Crippen molar-refractivity contribution in [3.05, 3.63) is 58.6 Å². The molecule has 1 heterocycles. The Hall–Kier alpha value is -1.91. The molecule has 0 radical (unpaired) electrons. The summed E-state index contributed by atoms with van der Waals surface area (Å²) in [6.45, 7) is 4.02. The fourth-order valence-corrected chi connectivity index (χ4v) is 2.97. The van der Waals surface area contributed by atoms with E-state index in [0.29, 0.717) is 22.7 Å². The van der Waals surface area contributed by atoms with Gasteiger partial charge in [-0.2, -0.15) is 0 Å². The van der Waals surface area contributed by atoms with Gasteiger partial charge in [0.05, 0.1) is 6.04 Å². The first-order chi connectivity index (χ1) is 10.8. The van der Waals surface area contributed by atoms with E-state index in [1.165, 1.54) is 0 Å². The molecule has 0 saturated carbocycles. The Morgan fingerprint density at radius 3 is 2.58 bits per heavy atom. The average molecular weight is 367 g/mol. The molecule has 6 heteroatoms. The maximum absolute atomic E-state index is 12.5. The molecule has 0 saturated heterocycles. The Morgan fingerprint density at radius 1 is 1.25 bits per heavy atom. The van der Waals surface area contributed by atoms with E-state index in [1.54, 1.807) is 30.3 Å². The van der Waals surface area contributed by atoms with Gasteiger partial charge in [0.15, 0.2) is 0 Å². The minimum Gasteiger partial charge on any atom is -0.487 e. The van der Waals surface area contributed by atoms with Gasteiger partial charge in [-0.05, 0) is 56.3 Å². The lowest BCUT2D eigenvalue weighted by Gasteiger charge is -2.38. The number of nitrogens with one attached hydrogen (secondary N) is 1. The van der Waals surface area contributed by atoms with Gasteiger partial charge < -0.3 is 15.8 Å². The number of halogens is 2. The van der Waals surface area contributed by atoms with Crippen LogP contribution in [0.25, 0.3) is 0 Å². The summed E-state index contributed by atoms with van der Waals surface area (Å²) in [6.07, 6.45) is 0.669. The molecule has 1 unspecified atom stereocenters. The standard InChI is InChI=1S/C18H19ClN2O2.ClH/c1-18(2)10-15(14-9-13(20)7-8-16(14)23-18)21-17(22)11-3-5-12(19)6-4-11;/h3-9,15H,10,20H2,1-2H3,(H,21,22);1H. The number of carbonyl (C=O) groups excluding carboxylic acids is 1. The van der Waals surface area contributed by atoms with Gasteiger partial charge in [0.1, 0.15) is 11.4 Å². The lowest BCUT2D eigenvalue weighted by molar-refractivity contribution is 0.0620. The number of hydrogen-bond donors (Lipinski definition) is 2. The molecule has 1 aliphatic rings. The Labute approximate surface area is 152 Å². The zero-order valence-electron chi connectivity index (χ0n) is 13.5. The maximum Gasteiger partial charge on any atom is 0.251 e. The van der Waals surface area contributed by atoms with Gasteiger partial charge in [-0.25, -0.2) is 0 Å². The topological polar surface area (TPSA) is 64.4 Å². The molecular formula is C18H20Cl2N2O2. The number of anilines is 1. The SMILES string of the molecule is CC1(C)CC(NC(=O)c2ccc(Cl)cc2)c2cc(N)ccc2O1.Cl. The number of hydrogen-bond acceptors (Lipinski definition) is 3. The van der Waals surface area contributed by atoms with Crippen LogP contribution < -0.4 is 15.8 Å². The van der Waals surface area contributed by atoms with Crippen LogP contribution in [-0.2, 0) is 0 Å². The van der Waals surface area contributed by atoms with Crippen molar-refractivity contribution >= 4 is 35.6 Å². The van der Waals surface area contributed by atoms with Crippen LogP contribution in [0.5, 0.6) is 5.75 Å². The predicted molar refractivity (Wildman–Crippen MR) is 99.1 cm³/mol. The summed E-state index contributed by atoms with van der Waals surface area (Å²) < 4.78 is 5.98. The maximum atomic E-state index is 12.5. The van der Waals surface area contributed by atoms with E-state index in [-0.39, 0.29) is 30.0 Å². The van der Waals surface area contributed by atoms with Gasteiger partial charge in [-0.3, -0.25) is 4.79 Å². The molecule has 128 valence electrons. The molecule has 24 heavy (non-hydrogen) atoms. The molecule has 1 atom stereocenters. The van der Waals surface area contributed by atoms with Crippen LogP contribution >= 0.6 is 24.0 Å². The van der Waals surface area contributed by atoms with Crippen molar-refractivity contribution in [2.45, 2.75) is 31.9 Å². The number of amides is 1. The van der Waals surface area contributed by atoms with E-state index < -0.39 is 0 Å². The Balaban J connectivity index is 0.00000208. The van der Waals surface area contributed by atoms with Crippen molar-refractivity contribution in [1.29, 1.82) is 0 Å². The quantitative estimate of drug-likeness (QED) is 0.775. The summed E-state index contributed by atoms with van der Waals surface area (Å²) in [5, 5.41) is 3.68. The number of nitrogen functional groups attached to an aromatic ring is 1. The first kappa shape index (κ1) is 18.4. The molecule has 1 amide bonds. The van der Waals surface area contributed by atoms with Crippen LogP contribution in [0.3, 0.4) is 0 Å². The van der Waals surface area contributed by atoms with Crippen LogP contribution in [-0.4, -0.2) is 11.5 Å². The lowest BCUT2D eigenvalue weighted by atomic mass is 9.89. The number of ether oxygens (including phenoxy) is 1. The zero-order valence-corrected chi connectivity index (χ0v) is 15.1. The summed E-state index contributed by atoms with van der Waals surface area (Å²) >= 11 is 5.87. The van der Waals surface area contributed by atoms with Crippen LogP contribution in [0.2, 0.25) is 5.02 Å². The predicted octanol–water partition coefficient (Wildman–Crippen LogP) is 4.38. The number of benzene rings is 2. The molecule has 4 nitrogen and oxygen atoms in total. The van der Waals surface area contributed by atoms with Crippen molar-refractivity contribution in [2.75, 3.05) is 5.73 Å². The minimum atomic E-state index is -0.360. The molecule has 2 aromatic rings. The zero-order chi connectivity index (χ0) is 16.6. The third-order valence-corrected chi connectivity index (χ3v) is 4.15. The van der Waals surface area contributed by atoms with Crippen LogP contribution in [0.15, 0.2) is 42.5 Å². The van der Waals surface area contributed by atoms with E-state index in [1.807, 2.05) is 26.0 Å². The third-order valence-electron chi connectivity index (χ3n) is 3.90. The van der Waals surface area contributed by atoms with Gasteiger partial charge in [0.25, 0.3) is 5.91 Å². The van der Waals surface area contributed by atoms with E-state index >= 15 is 0 Å². The molecule has 1 aliphatic heterocycles. The second-order valence-electron chi connectivity index (χ2n) is 6.40. The van der Waals surface area contributed by atoms with Crippen molar-refractivity contribution in [2.24, 2.45) is 0 Å². The Kier molecular flexibility index (Phi) is 5.31. The number of nitrogens with two attached hydrogens (primary N) is 1. The van der Waals surface area contributed by atoms with E-state index in [0.717, 1.165) is 11.3 Å². The number of rotatable bonds is 2. The van der Waals surface area contributed by atoms with Crippen LogP contribution in [0.4, 0.5) is 5.69 Å². The largest absolute Gasteiger partial charge is 0.487 e. The molecule has 0 aromatic heterocycles. The average Bonchev–Trinajstić information content (AvgIpc) is 2.48. The fraction of sp³-hybridized carbons (Fsp3) is 0.278. The molecular weight excluding hydrogens is 347 g/mol. The summed E-state index contributed by atoms with van der Waals surface area (Å²) in [5.74, 6) is 0.620. The molecule has 0 fully saturated rings. The van der Waals surface area contributed by atoms with Crippen molar-refractivity contribution in [1.82, 2.24) is 5.32 Å². The highest BCUT2D eigenvalue weighted by atomic mass is 35.5. The highest BCUT2D eigenvalue weighted by Crippen LogP contribution is 2.40. The smallest absolute Gasteiger partial charge is 0.251 e. The van der Waals surface area contributed by atoms with Gasteiger partial charge in [0, 0.05) is 28.3 Å². The first-order valence-corrected chi connectivity index (χ1v) is 7.87. The van der Waals surface area contributed by atoms with E-state index in [4.69, 9.17) is 22.1 Å². The molecule has 0 aliphatic carbocycles. The molecule has 0 spiro atoms. The summed E-state index contributed by atoms with van der Waals surface area (Å²) in [7, 11) is 0. The molecule has 0 bridgehead atoms. The van der Waals surface area contributed by atoms with Crippen LogP contribution in [0.1, 0.15) is 42.2 Å². The fourth-order valence-electron chi connectivity index (χ4n) is 2.84. The molecule has 2 aromatic carbocycles. The highest BCUT2D eigenvalue weighted by molar-refractivity contribution is 6.30.